The van der Waals surface area contributed by atoms with E-state index in [4.69, 9.17) is 14.2 Å². The summed E-state index contributed by atoms with van der Waals surface area (Å²) in [7, 11) is 0. The maximum atomic E-state index is 11.4. The summed E-state index contributed by atoms with van der Waals surface area (Å²) in [6.45, 7) is 3.66. The summed E-state index contributed by atoms with van der Waals surface area (Å²) in [5.74, 6) is 0.636. The van der Waals surface area contributed by atoms with Crippen molar-refractivity contribution in [3.05, 3.63) is 41.1 Å². The SMILES string of the molecule is Cc1cc(C)c(C(=O)O)c(Oc2ccc3c(c2)OCO3)n1. The van der Waals surface area contributed by atoms with Crippen molar-refractivity contribution >= 4 is 5.97 Å². The summed E-state index contributed by atoms with van der Waals surface area (Å²) >= 11 is 0. The van der Waals surface area contributed by atoms with Crippen LogP contribution in [-0.2, 0) is 0 Å². The molecule has 0 saturated carbocycles. The van der Waals surface area contributed by atoms with E-state index in [9.17, 15) is 9.90 Å². The lowest BCUT2D eigenvalue weighted by atomic mass is 10.1. The van der Waals surface area contributed by atoms with E-state index in [-0.39, 0.29) is 18.2 Å². The summed E-state index contributed by atoms with van der Waals surface area (Å²) in [4.78, 5) is 15.5. The second-order valence-corrected chi connectivity index (χ2v) is 4.68. The predicted molar refractivity (Wildman–Crippen MR) is 73.3 cm³/mol. The molecule has 1 aromatic heterocycles. The minimum absolute atomic E-state index is 0.0540. The molecule has 0 amide bonds. The normalized spacial score (nSPS) is 12.3. The Morgan fingerprint density at radius 1 is 1.24 bits per heavy atom. The van der Waals surface area contributed by atoms with E-state index in [1.165, 1.54) is 0 Å². The number of rotatable bonds is 3. The van der Waals surface area contributed by atoms with Crippen molar-refractivity contribution in [2.75, 3.05) is 6.79 Å². The number of nitrogens with zero attached hydrogens (tertiary/aromatic N) is 1. The third-order valence-corrected chi connectivity index (χ3v) is 3.08. The van der Waals surface area contributed by atoms with Crippen molar-refractivity contribution in [1.82, 2.24) is 4.98 Å². The highest BCUT2D eigenvalue weighted by Crippen LogP contribution is 2.37. The van der Waals surface area contributed by atoms with E-state index in [1.807, 2.05) is 0 Å². The fraction of sp³-hybridized carbons (Fsp3) is 0.200. The molecule has 0 atom stereocenters. The molecule has 0 unspecified atom stereocenters. The van der Waals surface area contributed by atoms with Crippen LogP contribution in [-0.4, -0.2) is 22.9 Å². The molecule has 0 fully saturated rings. The van der Waals surface area contributed by atoms with E-state index in [2.05, 4.69) is 4.98 Å². The lowest BCUT2D eigenvalue weighted by Gasteiger charge is -2.11. The molecule has 1 aromatic carbocycles. The smallest absolute Gasteiger partial charge is 0.341 e. The summed E-state index contributed by atoms with van der Waals surface area (Å²) < 4.78 is 16.1. The van der Waals surface area contributed by atoms with Crippen LogP contribution in [0.4, 0.5) is 0 Å². The Bertz CT molecular complexity index is 726. The van der Waals surface area contributed by atoms with Crippen LogP contribution in [0.5, 0.6) is 23.1 Å². The molecule has 108 valence electrons. The molecule has 0 saturated heterocycles. The number of carboxylic acid groups (broad SMARTS) is 1. The molecule has 0 aliphatic carbocycles. The topological polar surface area (TPSA) is 77.9 Å². The van der Waals surface area contributed by atoms with E-state index in [0.29, 0.717) is 28.5 Å². The number of carboxylic acids is 1. The number of pyridine rings is 1. The van der Waals surface area contributed by atoms with Gasteiger partial charge < -0.3 is 19.3 Å². The van der Waals surface area contributed by atoms with Gasteiger partial charge in [-0.05, 0) is 37.6 Å². The summed E-state index contributed by atoms with van der Waals surface area (Å²) in [6.07, 6.45) is 0. The first-order chi connectivity index (χ1) is 10.0. The summed E-state index contributed by atoms with van der Waals surface area (Å²) in [5.41, 5.74) is 1.34. The average molecular weight is 287 g/mol. The Labute approximate surface area is 120 Å². The number of fused-ring (bicyclic) bond motifs is 1. The lowest BCUT2D eigenvalue weighted by Crippen LogP contribution is -2.06. The highest BCUT2D eigenvalue weighted by molar-refractivity contribution is 5.92. The Morgan fingerprint density at radius 2 is 2.00 bits per heavy atom. The van der Waals surface area contributed by atoms with Crippen LogP contribution in [0.1, 0.15) is 21.6 Å². The molecule has 2 heterocycles. The van der Waals surface area contributed by atoms with Crippen molar-refractivity contribution in [3.63, 3.8) is 0 Å². The highest BCUT2D eigenvalue weighted by Gasteiger charge is 2.19. The maximum Gasteiger partial charge on any atom is 0.341 e. The molecule has 1 aliphatic rings. The molecule has 6 heteroatoms. The number of ether oxygens (including phenoxy) is 3. The van der Waals surface area contributed by atoms with E-state index in [1.54, 1.807) is 38.1 Å². The molecule has 2 aromatic rings. The van der Waals surface area contributed by atoms with Crippen LogP contribution in [0, 0.1) is 13.8 Å². The van der Waals surface area contributed by atoms with Gasteiger partial charge in [0.2, 0.25) is 12.7 Å². The zero-order valence-corrected chi connectivity index (χ0v) is 11.5. The van der Waals surface area contributed by atoms with E-state index < -0.39 is 5.97 Å². The maximum absolute atomic E-state index is 11.4. The Hall–Kier alpha value is -2.76. The van der Waals surface area contributed by atoms with Crippen molar-refractivity contribution in [1.29, 1.82) is 0 Å². The second-order valence-electron chi connectivity index (χ2n) is 4.68. The fourth-order valence-corrected chi connectivity index (χ4v) is 2.19. The van der Waals surface area contributed by atoms with Crippen molar-refractivity contribution in [3.8, 4) is 23.1 Å². The summed E-state index contributed by atoms with van der Waals surface area (Å²) in [5, 5.41) is 9.31. The van der Waals surface area contributed by atoms with Gasteiger partial charge in [-0.3, -0.25) is 0 Å². The van der Waals surface area contributed by atoms with Crippen LogP contribution in [0.25, 0.3) is 0 Å². The fourth-order valence-electron chi connectivity index (χ4n) is 2.19. The van der Waals surface area contributed by atoms with Gasteiger partial charge in [-0.25, -0.2) is 9.78 Å². The molecular formula is C15H13NO5. The van der Waals surface area contributed by atoms with Crippen LogP contribution in [0.3, 0.4) is 0 Å². The Balaban J connectivity index is 1.99. The van der Waals surface area contributed by atoms with Gasteiger partial charge >= 0.3 is 5.97 Å². The Kier molecular flexibility index (Phi) is 3.13. The first kappa shape index (κ1) is 13.2. The molecule has 3 rings (SSSR count). The number of hydrogen-bond donors (Lipinski definition) is 1. The summed E-state index contributed by atoms with van der Waals surface area (Å²) in [6, 6.07) is 6.74. The molecule has 0 radical (unpaired) electrons. The number of aryl methyl sites for hydroxylation is 2. The zero-order chi connectivity index (χ0) is 15.0. The van der Waals surface area contributed by atoms with Gasteiger partial charge in [0, 0.05) is 11.8 Å². The molecule has 0 bridgehead atoms. The first-order valence-corrected chi connectivity index (χ1v) is 6.33. The van der Waals surface area contributed by atoms with Gasteiger partial charge in [0.25, 0.3) is 0 Å². The number of hydrogen-bond acceptors (Lipinski definition) is 5. The van der Waals surface area contributed by atoms with Crippen LogP contribution < -0.4 is 14.2 Å². The number of carbonyl (C=O) groups is 1. The van der Waals surface area contributed by atoms with Gasteiger partial charge in [-0.1, -0.05) is 0 Å². The number of aromatic nitrogens is 1. The minimum Gasteiger partial charge on any atom is -0.477 e. The molecule has 0 spiro atoms. The first-order valence-electron chi connectivity index (χ1n) is 6.33. The quantitative estimate of drug-likeness (QED) is 0.935. The average Bonchev–Trinajstić information content (AvgIpc) is 2.84. The molecule has 6 nitrogen and oxygen atoms in total. The number of benzene rings is 1. The third-order valence-electron chi connectivity index (χ3n) is 3.08. The Morgan fingerprint density at radius 3 is 2.76 bits per heavy atom. The third kappa shape index (κ3) is 2.47. The molecule has 1 aliphatic heterocycles. The van der Waals surface area contributed by atoms with Gasteiger partial charge in [0.15, 0.2) is 11.5 Å². The molecule has 1 N–H and O–H groups in total. The van der Waals surface area contributed by atoms with Crippen LogP contribution in [0.2, 0.25) is 0 Å². The standard InChI is InChI=1S/C15H13NO5/c1-8-5-9(2)16-14(13(8)15(17)18)21-10-3-4-11-12(6-10)20-7-19-11/h3-6H,7H2,1-2H3,(H,17,18). The second kappa shape index (κ2) is 4.97. The van der Waals surface area contributed by atoms with E-state index in [0.717, 1.165) is 0 Å². The highest BCUT2D eigenvalue weighted by atomic mass is 16.7. The zero-order valence-electron chi connectivity index (χ0n) is 11.5. The van der Waals surface area contributed by atoms with Crippen LogP contribution in [0.15, 0.2) is 24.3 Å². The number of aromatic carboxylic acids is 1. The van der Waals surface area contributed by atoms with Crippen molar-refractivity contribution < 1.29 is 24.1 Å². The minimum atomic E-state index is -1.07. The van der Waals surface area contributed by atoms with Gasteiger partial charge in [-0.2, -0.15) is 0 Å². The van der Waals surface area contributed by atoms with E-state index >= 15 is 0 Å². The predicted octanol–water partition coefficient (Wildman–Crippen LogP) is 2.92. The molecular weight excluding hydrogens is 274 g/mol. The van der Waals surface area contributed by atoms with Gasteiger partial charge in [0.1, 0.15) is 11.3 Å². The van der Waals surface area contributed by atoms with Gasteiger partial charge in [0.05, 0.1) is 0 Å². The van der Waals surface area contributed by atoms with Gasteiger partial charge in [-0.15, -0.1) is 0 Å². The molecule has 21 heavy (non-hydrogen) atoms. The van der Waals surface area contributed by atoms with Crippen LogP contribution >= 0.6 is 0 Å². The lowest BCUT2D eigenvalue weighted by molar-refractivity contribution is 0.0692. The van der Waals surface area contributed by atoms with Crippen molar-refractivity contribution in [2.24, 2.45) is 0 Å². The van der Waals surface area contributed by atoms with Crippen molar-refractivity contribution in [2.45, 2.75) is 13.8 Å². The largest absolute Gasteiger partial charge is 0.477 e. The monoisotopic (exact) mass is 287 g/mol.